The second kappa shape index (κ2) is 10.2. The van der Waals surface area contributed by atoms with E-state index in [2.05, 4.69) is 170 Å². The fourth-order valence-electron chi connectivity index (χ4n) is 7.70. The Morgan fingerprint density at radius 3 is 1.40 bits per heavy atom. The minimum atomic E-state index is 0.902. The van der Waals surface area contributed by atoms with Gasteiger partial charge in [0.2, 0.25) is 0 Å². The van der Waals surface area contributed by atoms with Crippen LogP contribution in [0.2, 0.25) is 0 Å². The average molecular weight is 597 g/mol. The minimum Gasteiger partial charge on any atom is -0.455 e. The molecular weight excluding hydrogens is 569 g/mol. The maximum atomic E-state index is 6.73. The van der Waals surface area contributed by atoms with Crippen LogP contribution in [0.15, 0.2) is 174 Å². The van der Waals surface area contributed by atoms with Gasteiger partial charge in [-0.25, -0.2) is 0 Å². The smallest absolute Gasteiger partial charge is 0.143 e. The first-order valence-electron chi connectivity index (χ1n) is 16.2. The lowest BCUT2D eigenvalue weighted by molar-refractivity contribution is 0.670. The monoisotopic (exact) mass is 596 g/mol. The molecule has 1 aromatic heterocycles. The van der Waals surface area contributed by atoms with Crippen molar-refractivity contribution in [1.82, 2.24) is 0 Å². The quantitative estimate of drug-likeness (QED) is 0.184. The van der Waals surface area contributed by atoms with Gasteiger partial charge in [0, 0.05) is 16.3 Å². The first kappa shape index (κ1) is 26.1. The van der Waals surface area contributed by atoms with Crippen molar-refractivity contribution in [3.8, 4) is 44.5 Å². The van der Waals surface area contributed by atoms with Gasteiger partial charge >= 0.3 is 0 Å². The van der Waals surface area contributed by atoms with E-state index >= 15 is 0 Å². The number of hydrogen-bond acceptors (Lipinski definition) is 1. The molecule has 0 fully saturated rings. The molecule has 9 aromatic carbocycles. The molecule has 0 radical (unpaired) electrons. The molecule has 0 spiro atoms. The first-order chi connectivity index (χ1) is 23.3. The van der Waals surface area contributed by atoms with E-state index in [1.165, 1.54) is 65.7 Å². The molecule has 0 bridgehead atoms. The summed E-state index contributed by atoms with van der Waals surface area (Å²) in [5, 5.41) is 10.0. The highest BCUT2D eigenvalue weighted by Gasteiger charge is 2.20. The van der Waals surface area contributed by atoms with Crippen LogP contribution in [0.4, 0.5) is 0 Å². The normalized spacial score (nSPS) is 11.8. The Balaban J connectivity index is 1.30. The van der Waals surface area contributed by atoms with E-state index in [4.69, 9.17) is 4.42 Å². The number of benzene rings is 9. The van der Waals surface area contributed by atoms with Crippen molar-refractivity contribution in [2.24, 2.45) is 0 Å². The molecule has 1 heterocycles. The van der Waals surface area contributed by atoms with Crippen LogP contribution in [-0.2, 0) is 0 Å². The van der Waals surface area contributed by atoms with Gasteiger partial charge in [-0.3, -0.25) is 0 Å². The zero-order valence-corrected chi connectivity index (χ0v) is 25.6. The third kappa shape index (κ3) is 3.97. The SMILES string of the molecule is c1ccc(-c2ccc3ccc4c(-c5cc(-c6ccccc6)c6oc7cccc(-c8ccccc8)c7c6c5)ccc5ccc2c3c54)cc1. The summed E-state index contributed by atoms with van der Waals surface area (Å²) in [6, 6.07) is 61.4. The Bertz CT molecular complexity index is 2750. The molecular formula is C46H28O. The van der Waals surface area contributed by atoms with Crippen LogP contribution in [0, 0.1) is 0 Å². The molecule has 0 saturated heterocycles. The van der Waals surface area contributed by atoms with Gasteiger partial charge in [0.15, 0.2) is 0 Å². The summed E-state index contributed by atoms with van der Waals surface area (Å²) in [5.74, 6) is 0. The van der Waals surface area contributed by atoms with Crippen LogP contribution in [0.1, 0.15) is 0 Å². The van der Waals surface area contributed by atoms with Crippen LogP contribution in [0.3, 0.4) is 0 Å². The van der Waals surface area contributed by atoms with Gasteiger partial charge in [-0.1, -0.05) is 152 Å². The Morgan fingerprint density at radius 1 is 0.298 bits per heavy atom. The van der Waals surface area contributed by atoms with Crippen molar-refractivity contribution in [1.29, 1.82) is 0 Å². The Kier molecular flexibility index (Phi) is 5.64. The molecule has 10 rings (SSSR count). The van der Waals surface area contributed by atoms with Crippen molar-refractivity contribution >= 4 is 54.3 Å². The van der Waals surface area contributed by atoms with Crippen LogP contribution in [-0.4, -0.2) is 0 Å². The van der Waals surface area contributed by atoms with E-state index in [-0.39, 0.29) is 0 Å². The summed E-state index contributed by atoms with van der Waals surface area (Å²) < 4.78 is 6.73. The molecule has 0 aliphatic carbocycles. The summed E-state index contributed by atoms with van der Waals surface area (Å²) in [4.78, 5) is 0. The first-order valence-corrected chi connectivity index (χ1v) is 16.2. The van der Waals surface area contributed by atoms with E-state index in [1.807, 2.05) is 0 Å². The van der Waals surface area contributed by atoms with Gasteiger partial charge in [0.05, 0.1) is 0 Å². The number of hydrogen-bond donors (Lipinski definition) is 0. The second-order valence-electron chi connectivity index (χ2n) is 12.4. The van der Waals surface area contributed by atoms with E-state index in [1.54, 1.807) is 0 Å². The Labute approximate surface area is 272 Å². The number of furan rings is 1. The zero-order chi connectivity index (χ0) is 30.9. The topological polar surface area (TPSA) is 13.1 Å². The minimum absolute atomic E-state index is 0.902. The third-order valence-corrected chi connectivity index (χ3v) is 9.83. The molecule has 47 heavy (non-hydrogen) atoms. The Morgan fingerprint density at radius 2 is 0.809 bits per heavy atom. The lowest BCUT2D eigenvalue weighted by atomic mass is 9.86. The van der Waals surface area contributed by atoms with Crippen LogP contribution in [0.25, 0.3) is 98.8 Å². The van der Waals surface area contributed by atoms with E-state index in [9.17, 15) is 0 Å². The summed E-state index contributed by atoms with van der Waals surface area (Å²) in [6.07, 6.45) is 0. The fraction of sp³-hybridized carbons (Fsp3) is 0. The highest BCUT2D eigenvalue weighted by Crippen LogP contribution is 2.46. The van der Waals surface area contributed by atoms with Crippen LogP contribution < -0.4 is 0 Å². The zero-order valence-electron chi connectivity index (χ0n) is 25.6. The predicted octanol–water partition coefficient (Wildman–Crippen LogP) is 13.2. The fourth-order valence-corrected chi connectivity index (χ4v) is 7.70. The van der Waals surface area contributed by atoms with Gasteiger partial charge in [0.1, 0.15) is 11.2 Å². The van der Waals surface area contributed by atoms with E-state index in [0.717, 1.165) is 33.1 Å². The van der Waals surface area contributed by atoms with Crippen LogP contribution in [0.5, 0.6) is 0 Å². The standard InChI is InChI=1S/C46H28O/c1-4-11-29(12-5-1)35-23-19-32-22-26-39-36(24-20-33-21-25-38(35)43(32)44(33)39)34-27-40(31-15-8-3-9-16-31)46-41(28-34)45-37(17-10-18-42(45)47-46)30-13-6-2-7-14-30/h1-28H. The van der Waals surface area contributed by atoms with Gasteiger partial charge in [-0.2, -0.15) is 0 Å². The number of fused-ring (bicyclic) bond motifs is 3. The molecule has 1 heteroatoms. The molecule has 0 saturated carbocycles. The second-order valence-corrected chi connectivity index (χ2v) is 12.4. The van der Waals surface area contributed by atoms with Crippen molar-refractivity contribution in [2.45, 2.75) is 0 Å². The molecule has 10 aromatic rings. The maximum absolute atomic E-state index is 6.73. The summed E-state index contributed by atoms with van der Waals surface area (Å²) in [5.41, 5.74) is 11.4. The lowest BCUT2D eigenvalue weighted by Crippen LogP contribution is -1.90. The van der Waals surface area contributed by atoms with Crippen molar-refractivity contribution < 1.29 is 4.42 Å². The maximum Gasteiger partial charge on any atom is 0.143 e. The van der Waals surface area contributed by atoms with Gasteiger partial charge in [0.25, 0.3) is 0 Å². The molecule has 1 nitrogen and oxygen atoms in total. The third-order valence-electron chi connectivity index (χ3n) is 9.83. The van der Waals surface area contributed by atoms with Crippen molar-refractivity contribution in [3.63, 3.8) is 0 Å². The molecule has 0 aliphatic rings. The van der Waals surface area contributed by atoms with Gasteiger partial charge < -0.3 is 4.42 Å². The average Bonchev–Trinajstić information content (AvgIpc) is 3.53. The molecule has 218 valence electrons. The molecule has 0 N–H and O–H groups in total. The van der Waals surface area contributed by atoms with E-state index < -0.39 is 0 Å². The van der Waals surface area contributed by atoms with Crippen molar-refractivity contribution in [3.05, 3.63) is 170 Å². The summed E-state index contributed by atoms with van der Waals surface area (Å²) in [6.45, 7) is 0. The van der Waals surface area contributed by atoms with Gasteiger partial charge in [-0.05, 0) is 89.5 Å². The molecule has 0 unspecified atom stereocenters. The number of rotatable bonds is 4. The highest BCUT2D eigenvalue weighted by molar-refractivity contribution is 6.28. The van der Waals surface area contributed by atoms with Crippen LogP contribution >= 0.6 is 0 Å². The molecule has 0 amide bonds. The molecule has 0 atom stereocenters. The lowest BCUT2D eigenvalue weighted by Gasteiger charge is -2.17. The predicted molar refractivity (Wildman–Crippen MR) is 199 cm³/mol. The Hall–Kier alpha value is -6.18. The van der Waals surface area contributed by atoms with E-state index in [0.29, 0.717) is 0 Å². The summed E-state index contributed by atoms with van der Waals surface area (Å²) >= 11 is 0. The highest BCUT2D eigenvalue weighted by atomic mass is 16.3. The summed E-state index contributed by atoms with van der Waals surface area (Å²) in [7, 11) is 0. The van der Waals surface area contributed by atoms with Crippen molar-refractivity contribution in [2.75, 3.05) is 0 Å². The van der Waals surface area contributed by atoms with Gasteiger partial charge in [-0.15, -0.1) is 0 Å². The largest absolute Gasteiger partial charge is 0.455 e. The molecule has 0 aliphatic heterocycles.